The minimum Gasteiger partial charge on any atom is -0.464 e. The molecule has 1 aliphatic rings. The molecule has 1 aromatic rings. The largest absolute Gasteiger partial charge is 0.464 e. The summed E-state index contributed by atoms with van der Waals surface area (Å²) in [4.78, 5) is 19.8. The molecule has 0 N–H and O–H groups in total. The van der Waals surface area contributed by atoms with Crippen LogP contribution in [0.1, 0.15) is 12.5 Å². The first kappa shape index (κ1) is 12.4. The predicted molar refractivity (Wildman–Crippen MR) is 68.7 cm³/mol. The van der Waals surface area contributed by atoms with Crippen molar-refractivity contribution in [1.29, 1.82) is 0 Å². The van der Waals surface area contributed by atoms with Crippen LogP contribution in [-0.4, -0.2) is 34.4 Å². The van der Waals surface area contributed by atoms with E-state index in [9.17, 15) is 4.79 Å². The zero-order valence-electron chi connectivity index (χ0n) is 9.22. The Hall–Kier alpha value is -1.07. The highest BCUT2D eigenvalue weighted by atomic mass is 35.5. The summed E-state index contributed by atoms with van der Waals surface area (Å²) in [5.74, 6) is 0.314. The van der Waals surface area contributed by atoms with Crippen LogP contribution in [0.15, 0.2) is 23.3 Å². The van der Waals surface area contributed by atoms with Crippen molar-refractivity contribution in [2.45, 2.75) is 13.0 Å². The lowest BCUT2D eigenvalue weighted by Crippen LogP contribution is -2.21. The van der Waals surface area contributed by atoms with Gasteiger partial charge in [0.1, 0.15) is 10.2 Å². The van der Waals surface area contributed by atoms with Crippen LogP contribution in [0, 0.1) is 0 Å². The van der Waals surface area contributed by atoms with Crippen molar-refractivity contribution in [2.24, 2.45) is 4.99 Å². The van der Waals surface area contributed by atoms with Crippen LogP contribution in [0.25, 0.3) is 0 Å². The van der Waals surface area contributed by atoms with E-state index in [1.807, 2.05) is 6.07 Å². The van der Waals surface area contributed by atoms with Gasteiger partial charge in [0, 0.05) is 17.5 Å². The SMILES string of the molecule is CCOC(=O)C1CSC(c2cccnc2Cl)=N1. The van der Waals surface area contributed by atoms with Crippen LogP contribution in [0.3, 0.4) is 0 Å². The third-order valence-corrected chi connectivity index (χ3v) is 3.58. The Kier molecular flexibility index (Phi) is 4.02. The van der Waals surface area contributed by atoms with Gasteiger partial charge in [-0.25, -0.2) is 9.78 Å². The molecule has 2 heterocycles. The van der Waals surface area contributed by atoms with Gasteiger partial charge >= 0.3 is 5.97 Å². The number of carbonyl (C=O) groups excluding carboxylic acids is 1. The molecule has 0 saturated heterocycles. The van der Waals surface area contributed by atoms with Crippen molar-refractivity contribution in [3.8, 4) is 0 Å². The number of ether oxygens (including phenoxy) is 1. The fourth-order valence-electron chi connectivity index (χ4n) is 1.43. The molecule has 17 heavy (non-hydrogen) atoms. The van der Waals surface area contributed by atoms with Gasteiger partial charge in [-0.1, -0.05) is 11.6 Å². The first-order valence-electron chi connectivity index (χ1n) is 5.20. The number of nitrogens with zero attached hydrogens (tertiary/aromatic N) is 2. The molecule has 0 amide bonds. The first-order valence-corrected chi connectivity index (χ1v) is 6.57. The second kappa shape index (κ2) is 5.51. The summed E-state index contributed by atoms with van der Waals surface area (Å²) in [5.41, 5.74) is 0.769. The lowest BCUT2D eigenvalue weighted by molar-refractivity contribution is -0.143. The molecule has 6 heteroatoms. The number of rotatable bonds is 3. The molecule has 1 aromatic heterocycles. The van der Waals surface area contributed by atoms with Crippen LogP contribution < -0.4 is 0 Å². The topological polar surface area (TPSA) is 51.5 Å². The molecule has 1 unspecified atom stereocenters. The summed E-state index contributed by atoms with van der Waals surface area (Å²) in [6, 6.07) is 3.21. The van der Waals surface area contributed by atoms with E-state index >= 15 is 0 Å². The predicted octanol–water partition coefficient (Wildman–Crippen LogP) is 2.16. The van der Waals surface area contributed by atoms with Crippen molar-refractivity contribution in [3.63, 3.8) is 0 Å². The zero-order valence-corrected chi connectivity index (χ0v) is 10.8. The Morgan fingerprint density at radius 2 is 2.53 bits per heavy atom. The van der Waals surface area contributed by atoms with Crippen LogP contribution in [-0.2, 0) is 9.53 Å². The number of hydrogen-bond acceptors (Lipinski definition) is 5. The average Bonchev–Trinajstić information content (AvgIpc) is 2.79. The first-order chi connectivity index (χ1) is 8.22. The van der Waals surface area contributed by atoms with E-state index in [0.29, 0.717) is 17.5 Å². The summed E-state index contributed by atoms with van der Waals surface area (Å²) in [6.45, 7) is 2.15. The van der Waals surface area contributed by atoms with Gasteiger partial charge in [0.2, 0.25) is 0 Å². The number of carbonyl (C=O) groups is 1. The molecule has 1 aliphatic heterocycles. The van der Waals surface area contributed by atoms with Gasteiger partial charge in [0.05, 0.1) is 6.61 Å². The van der Waals surface area contributed by atoms with E-state index in [1.165, 1.54) is 11.8 Å². The van der Waals surface area contributed by atoms with Crippen molar-refractivity contribution in [1.82, 2.24) is 4.98 Å². The Morgan fingerprint density at radius 1 is 1.71 bits per heavy atom. The lowest BCUT2D eigenvalue weighted by Gasteiger charge is -2.03. The minimum absolute atomic E-state index is 0.282. The molecule has 0 radical (unpaired) electrons. The minimum atomic E-state index is -0.425. The molecule has 90 valence electrons. The van der Waals surface area contributed by atoms with Crippen LogP contribution in [0.4, 0.5) is 0 Å². The quantitative estimate of drug-likeness (QED) is 0.624. The van der Waals surface area contributed by atoms with Crippen molar-refractivity contribution < 1.29 is 9.53 Å². The van der Waals surface area contributed by atoms with Crippen LogP contribution in [0.5, 0.6) is 0 Å². The fourth-order valence-corrected chi connectivity index (χ4v) is 2.74. The van der Waals surface area contributed by atoms with Gasteiger partial charge in [-0.05, 0) is 19.1 Å². The summed E-state index contributed by atoms with van der Waals surface area (Å²) >= 11 is 7.47. The van der Waals surface area contributed by atoms with Crippen molar-refractivity contribution in [2.75, 3.05) is 12.4 Å². The van der Waals surface area contributed by atoms with Gasteiger partial charge in [-0.2, -0.15) is 0 Å². The average molecular weight is 271 g/mol. The van der Waals surface area contributed by atoms with E-state index in [0.717, 1.165) is 10.6 Å². The Labute approximate surface area is 108 Å². The van der Waals surface area contributed by atoms with Crippen molar-refractivity contribution in [3.05, 3.63) is 29.0 Å². The van der Waals surface area contributed by atoms with Crippen LogP contribution >= 0.6 is 23.4 Å². The standard InChI is InChI=1S/C11H11ClN2O2S/c1-2-16-11(15)8-6-17-10(14-8)7-4-3-5-13-9(7)12/h3-5,8H,2,6H2,1H3. The van der Waals surface area contributed by atoms with Crippen LogP contribution in [0.2, 0.25) is 5.15 Å². The highest BCUT2D eigenvalue weighted by Crippen LogP contribution is 2.27. The zero-order chi connectivity index (χ0) is 12.3. The maximum Gasteiger partial charge on any atom is 0.331 e. The number of hydrogen-bond donors (Lipinski definition) is 0. The number of aromatic nitrogens is 1. The number of aliphatic imine (C=N–C) groups is 1. The lowest BCUT2D eigenvalue weighted by atomic mass is 10.3. The monoisotopic (exact) mass is 270 g/mol. The normalized spacial score (nSPS) is 18.9. The molecule has 0 spiro atoms. The summed E-state index contributed by atoms with van der Waals surface area (Å²) in [6.07, 6.45) is 1.62. The van der Waals surface area contributed by atoms with Gasteiger partial charge in [0.25, 0.3) is 0 Å². The highest BCUT2D eigenvalue weighted by molar-refractivity contribution is 8.14. The summed E-state index contributed by atoms with van der Waals surface area (Å²) in [7, 11) is 0. The van der Waals surface area contributed by atoms with E-state index in [-0.39, 0.29) is 5.97 Å². The van der Waals surface area contributed by atoms with E-state index in [1.54, 1.807) is 19.2 Å². The molecule has 0 fully saturated rings. The number of pyridine rings is 1. The van der Waals surface area contributed by atoms with Gasteiger partial charge in [-0.3, -0.25) is 4.99 Å². The smallest absolute Gasteiger partial charge is 0.331 e. The fraction of sp³-hybridized carbons (Fsp3) is 0.364. The molecule has 0 saturated carbocycles. The molecule has 1 atom stereocenters. The Bertz CT molecular complexity index is 465. The Morgan fingerprint density at radius 3 is 3.24 bits per heavy atom. The van der Waals surface area contributed by atoms with Gasteiger partial charge in [-0.15, -0.1) is 11.8 Å². The summed E-state index contributed by atoms with van der Waals surface area (Å²) in [5, 5.41) is 1.16. The molecule has 0 aromatic carbocycles. The highest BCUT2D eigenvalue weighted by Gasteiger charge is 2.27. The third kappa shape index (κ3) is 2.79. The van der Waals surface area contributed by atoms with E-state index < -0.39 is 6.04 Å². The molecular weight excluding hydrogens is 260 g/mol. The maximum absolute atomic E-state index is 11.5. The maximum atomic E-state index is 11.5. The molecule has 0 aliphatic carbocycles. The third-order valence-electron chi connectivity index (χ3n) is 2.20. The second-order valence-electron chi connectivity index (χ2n) is 3.35. The van der Waals surface area contributed by atoms with E-state index in [4.69, 9.17) is 16.3 Å². The van der Waals surface area contributed by atoms with E-state index in [2.05, 4.69) is 9.98 Å². The Balaban J connectivity index is 2.17. The molecular formula is C11H11ClN2O2S. The molecule has 0 bridgehead atoms. The summed E-state index contributed by atoms with van der Waals surface area (Å²) < 4.78 is 4.93. The molecule has 2 rings (SSSR count). The van der Waals surface area contributed by atoms with Gasteiger partial charge in [0.15, 0.2) is 6.04 Å². The number of esters is 1. The molecule has 4 nitrogen and oxygen atoms in total. The van der Waals surface area contributed by atoms with Crippen molar-refractivity contribution >= 4 is 34.4 Å². The van der Waals surface area contributed by atoms with Gasteiger partial charge < -0.3 is 4.74 Å². The number of thioether (sulfide) groups is 1. The number of halogens is 1. The second-order valence-corrected chi connectivity index (χ2v) is 4.72.